The average Bonchev–Trinajstić information content (AvgIpc) is 2.54. The molecule has 1 aliphatic rings. The first kappa shape index (κ1) is 14.7. The SMILES string of the molecule is CC(C)N(CCO)CC1(C=O)CCCCCC1. The van der Waals surface area contributed by atoms with Crippen molar-refractivity contribution in [2.45, 2.75) is 58.4 Å². The summed E-state index contributed by atoms with van der Waals surface area (Å²) in [5.74, 6) is 0. The maximum atomic E-state index is 11.5. The molecule has 0 spiro atoms. The van der Waals surface area contributed by atoms with Gasteiger partial charge in [0.1, 0.15) is 6.29 Å². The molecule has 0 amide bonds. The third kappa shape index (κ3) is 4.40. The van der Waals surface area contributed by atoms with E-state index >= 15 is 0 Å². The maximum Gasteiger partial charge on any atom is 0.127 e. The van der Waals surface area contributed by atoms with E-state index in [0.29, 0.717) is 12.6 Å². The van der Waals surface area contributed by atoms with Crippen molar-refractivity contribution in [3.8, 4) is 0 Å². The molecule has 0 aromatic heterocycles. The monoisotopic (exact) mass is 241 g/mol. The van der Waals surface area contributed by atoms with Crippen molar-refractivity contribution in [2.75, 3.05) is 19.7 Å². The molecule has 0 radical (unpaired) electrons. The van der Waals surface area contributed by atoms with Crippen molar-refractivity contribution in [2.24, 2.45) is 5.41 Å². The highest BCUT2D eigenvalue weighted by atomic mass is 16.3. The first-order chi connectivity index (χ1) is 8.13. The first-order valence-electron chi connectivity index (χ1n) is 6.95. The fourth-order valence-electron chi connectivity index (χ4n) is 2.80. The lowest BCUT2D eigenvalue weighted by atomic mass is 9.81. The highest BCUT2D eigenvalue weighted by Gasteiger charge is 2.33. The molecule has 0 bridgehead atoms. The lowest BCUT2D eigenvalue weighted by molar-refractivity contribution is -0.118. The summed E-state index contributed by atoms with van der Waals surface area (Å²) < 4.78 is 0. The van der Waals surface area contributed by atoms with Crippen LogP contribution in [-0.4, -0.2) is 42.0 Å². The Labute approximate surface area is 105 Å². The third-order valence-corrected chi connectivity index (χ3v) is 3.98. The molecule has 0 atom stereocenters. The van der Waals surface area contributed by atoms with Gasteiger partial charge in [0.05, 0.1) is 6.61 Å². The van der Waals surface area contributed by atoms with E-state index in [0.717, 1.165) is 19.4 Å². The molecule has 1 fully saturated rings. The van der Waals surface area contributed by atoms with Crippen LogP contribution in [0.25, 0.3) is 0 Å². The number of hydrogen-bond acceptors (Lipinski definition) is 3. The Bertz CT molecular complexity index is 220. The van der Waals surface area contributed by atoms with Crippen LogP contribution < -0.4 is 0 Å². The zero-order valence-electron chi connectivity index (χ0n) is 11.3. The number of carbonyl (C=O) groups is 1. The molecule has 0 aromatic carbocycles. The molecule has 0 aromatic rings. The van der Waals surface area contributed by atoms with Crippen LogP contribution >= 0.6 is 0 Å². The van der Waals surface area contributed by atoms with Crippen LogP contribution in [0.3, 0.4) is 0 Å². The fraction of sp³-hybridized carbons (Fsp3) is 0.929. The van der Waals surface area contributed by atoms with Gasteiger partial charge in [-0.3, -0.25) is 4.90 Å². The van der Waals surface area contributed by atoms with Crippen LogP contribution in [0.15, 0.2) is 0 Å². The molecule has 3 heteroatoms. The Kier molecular flexibility index (Phi) is 6.14. The number of carbonyl (C=O) groups excluding carboxylic acids is 1. The van der Waals surface area contributed by atoms with E-state index in [2.05, 4.69) is 18.7 Å². The van der Waals surface area contributed by atoms with Gasteiger partial charge in [-0.05, 0) is 26.7 Å². The Morgan fingerprint density at radius 2 is 1.82 bits per heavy atom. The predicted octanol–water partition coefficient (Wildman–Crippen LogP) is 2.23. The molecule has 0 saturated heterocycles. The van der Waals surface area contributed by atoms with Crippen LogP contribution in [-0.2, 0) is 4.79 Å². The maximum absolute atomic E-state index is 11.5. The van der Waals surface area contributed by atoms with Gasteiger partial charge < -0.3 is 9.90 Å². The van der Waals surface area contributed by atoms with E-state index in [1.807, 2.05) is 0 Å². The summed E-state index contributed by atoms with van der Waals surface area (Å²) in [4.78, 5) is 13.7. The van der Waals surface area contributed by atoms with Crippen molar-refractivity contribution in [3.05, 3.63) is 0 Å². The summed E-state index contributed by atoms with van der Waals surface area (Å²) in [6.45, 7) is 5.92. The predicted molar refractivity (Wildman–Crippen MR) is 70.0 cm³/mol. The van der Waals surface area contributed by atoms with E-state index in [-0.39, 0.29) is 12.0 Å². The van der Waals surface area contributed by atoms with Gasteiger partial charge in [-0.1, -0.05) is 25.7 Å². The van der Waals surface area contributed by atoms with Crippen molar-refractivity contribution in [1.29, 1.82) is 0 Å². The summed E-state index contributed by atoms with van der Waals surface area (Å²) in [5, 5.41) is 9.10. The fourth-order valence-corrected chi connectivity index (χ4v) is 2.80. The summed E-state index contributed by atoms with van der Waals surface area (Å²) >= 11 is 0. The highest BCUT2D eigenvalue weighted by Crippen LogP contribution is 2.34. The van der Waals surface area contributed by atoms with E-state index in [9.17, 15) is 4.79 Å². The molecule has 1 aliphatic carbocycles. The standard InChI is InChI=1S/C14H27NO2/c1-13(2)15(9-10-16)11-14(12-17)7-5-3-4-6-8-14/h12-13,16H,3-11H2,1-2H3. The minimum absolute atomic E-state index is 0.157. The topological polar surface area (TPSA) is 40.5 Å². The number of aliphatic hydroxyl groups excluding tert-OH is 1. The summed E-state index contributed by atoms with van der Waals surface area (Å²) in [6, 6.07) is 0.391. The van der Waals surface area contributed by atoms with Crippen LogP contribution in [0, 0.1) is 5.41 Å². The Hall–Kier alpha value is -0.410. The molecule has 17 heavy (non-hydrogen) atoms. The van der Waals surface area contributed by atoms with Crippen LogP contribution in [0.5, 0.6) is 0 Å². The molecule has 1 rings (SSSR count). The number of aliphatic hydroxyl groups is 1. The van der Waals surface area contributed by atoms with E-state index in [4.69, 9.17) is 5.11 Å². The minimum atomic E-state index is -0.157. The Balaban J connectivity index is 2.66. The second-order valence-electron chi connectivity index (χ2n) is 5.68. The van der Waals surface area contributed by atoms with Gasteiger partial charge in [0.25, 0.3) is 0 Å². The van der Waals surface area contributed by atoms with Crippen molar-refractivity contribution < 1.29 is 9.90 Å². The lowest BCUT2D eigenvalue weighted by Gasteiger charge is -2.35. The molecule has 3 nitrogen and oxygen atoms in total. The summed E-state index contributed by atoms with van der Waals surface area (Å²) in [6.07, 6.45) is 8.09. The molecule has 0 unspecified atom stereocenters. The Morgan fingerprint density at radius 3 is 2.24 bits per heavy atom. The van der Waals surface area contributed by atoms with Crippen molar-refractivity contribution in [1.82, 2.24) is 4.90 Å². The third-order valence-electron chi connectivity index (χ3n) is 3.98. The lowest BCUT2D eigenvalue weighted by Crippen LogP contribution is -2.43. The van der Waals surface area contributed by atoms with E-state index in [1.165, 1.54) is 32.0 Å². The molecule has 100 valence electrons. The van der Waals surface area contributed by atoms with Crippen LogP contribution in [0.4, 0.5) is 0 Å². The zero-order valence-corrected chi connectivity index (χ0v) is 11.3. The minimum Gasteiger partial charge on any atom is -0.395 e. The molecule has 0 heterocycles. The van der Waals surface area contributed by atoms with Gasteiger partial charge in [-0.2, -0.15) is 0 Å². The number of hydrogen-bond donors (Lipinski definition) is 1. The van der Waals surface area contributed by atoms with Gasteiger partial charge in [0.2, 0.25) is 0 Å². The Morgan fingerprint density at radius 1 is 1.24 bits per heavy atom. The van der Waals surface area contributed by atoms with Gasteiger partial charge in [-0.25, -0.2) is 0 Å². The zero-order chi connectivity index (χ0) is 12.7. The van der Waals surface area contributed by atoms with E-state index in [1.54, 1.807) is 0 Å². The van der Waals surface area contributed by atoms with Gasteiger partial charge in [0, 0.05) is 24.5 Å². The number of nitrogens with zero attached hydrogens (tertiary/aromatic N) is 1. The highest BCUT2D eigenvalue weighted by molar-refractivity contribution is 5.59. The van der Waals surface area contributed by atoms with Gasteiger partial charge in [-0.15, -0.1) is 0 Å². The smallest absolute Gasteiger partial charge is 0.127 e. The molecule has 1 N–H and O–H groups in total. The quantitative estimate of drug-likeness (QED) is 0.572. The second kappa shape index (κ2) is 7.12. The number of rotatable bonds is 6. The second-order valence-corrected chi connectivity index (χ2v) is 5.68. The van der Waals surface area contributed by atoms with E-state index < -0.39 is 0 Å². The molecular formula is C14H27NO2. The average molecular weight is 241 g/mol. The normalized spacial score (nSPS) is 20.5. The first-order valence-corrected chi connectivity index (χ1v) is 6.95. The summed E-state index contributed by atoms with van der Waals surface area (Å²) in [5.41, 5.74) is -0.157. The molecule has 0 aliphatic heterocycles. The van der Waals surface area contributed by atoms with Crippen LogP contribution in [0.2, 0.25) is 0 Å². The van der Waals surface area contributed by atoms with Gasteiger partial charge >= 0.3 is 0 Å². The summed E-state index contributed by atoms with van der Waals surface area (Å²) in [7, 11) is 0. The van der Waals surface area contributed by atoms with Gasteiger partial charge in [0.15, 0.2) is 0 Å². The largest absolute Gasteiger partial charge is 0.395 e. The van der Waals surface area contributed by atoms with Crippen molar-refractivity contribution in [3.63, 3.8) is 0 Å². The van der Waals surface area contributed by atoms with Crippen molar-refractivity contribution >= 4 is 6.29 Å². The molecule has 1 saturated carbocycles. The number of aldehydes is 1. The van der Waals surface area contributed by atoms with Crippen LogP contribution in [0.1, 0.15) is 52.4 Å². The molecular weight excluding hydrogens is 214 g/mol.